The lowest BCUT2D eigenvalue weighted by molar-refractivity contribution is -0.115. The zero-order chi connectivity index (χ0) is 15.2. The van der Waals surface area contributed by atoms with Crippen LogP contribution in [0.5, 0.6) is 0 Å². The lowest BCUT2D eigenvalue weighted by Gasteiger charge is -2.06. The fourth-order valence-corrected chi connectivity index (χ4v) is 2.78. The molecular formula is C15H15FN2O2S. The topological polar surface area (TPSA) is 72.2 Å². The molecule has 0 saturated heterocycles. The van der Waals surface area contributed by atoms with Gasteiger partial charge in [0.15, 0.2) is 0 Å². The second-order valence-corrected chi connectivity index (χ2v) is 6.00. The molecule has 0 aliphatic rings. The summed E-state index contributed by atoms with van der Waals surface area (Å²) in [7, 11) is -1.33. The number of nitrogens with two attached hydrogens (primary N) is 1. The Morgan fingerprint density at radius 2 is 1.90 bits per heavy atom. The van der Waals surface area contributed by atoms with Gasteiger partial charge < -0.3 is 11.1 Å². The Labute approximate surface area is 124 Å². The van der Waals surface area contributed by atoms with E-state index in [1.165, 1.54) is 24.3 Å². The van der Waals surface area contributed by atoms with E-state index in [0.29, 0.717) is 16.3 Å². The molecule has 1 amide bonds. The van der Waals surface area contributed by atoms with Gasteiger partial charge in [0.1, 0.15) is 5.82 Å². The number of nitrogen functional groups attached to an aromatic ring is 1. The van der Waals surface area contributed by atoms with Crippen molar-refractivity contribution in [3.05, 3.63) is 54.3 Å². The molecule has 0 aromatic heterocycles. The molecule has 4 nitrogen and oxygen atoms in total. The van der Waals surface area contributed by atoms with Crippen LogP contribution >= 0.6 is 0 Å². The number of hydrogen-bond donors (Lipinski definition) is 2. The lowest BCUT2D eigenvalue weighted by Crippen LogP contribution is -2.15. The van der Waals surface area contributed by atoms with Crippen LogP contribution in [0.1, 0.15) is 6.42 Å². The first kappa shape index (κ1) is 15.2. The van der Waals surface area contributed by atoms with E-state index in [9.17, 15) is 13.4 Å². The van der Waals surface area contributed by atoms with Crippen molar-refractivity contribution in [3.63, 3.8) is 0 Å². The van der Waals surface area contributed by atoms with Gasteiger partial charge >= 0.3 is 0 Å². The van der Waals surface area contributed by atoms with Crippen LogP contribution in [0.2, 0.25) is 0 Å². The molecule has 0 aliphatic heterocycles. The summed E-state index contributed by atoms with van der Waals surface area (Å²) in [5.74, 6) is -0.439. The van der Waals surface area contributed by atoms with E-state index in [1.807, 2.05) is 0 Å². The number of nitrogens with one attached hydrogen (secondary N) is 1. The Morgan fingerprint density at radius 3 is 2.57 bits per heavy atom. The molecule has 2 aromatic carbocycles. The van der Waals surface area contributed by atoms with Gasteiger partial charge in [-0.25, -0.2) is 4.39 Å². The Morgan fingerprint density at radius 1 is 1.19 bits per heavy atom. The third kappa shape index (κ3) is 4.68. The Bertz CT molecular complexity index is 659. The second-order valence-electron chi connectivity index (χ2n) is 4.43. The maximum absolute atomic E-state index is 12.8. The molecule has 0 aliphatic carbocycles. The summed E-state index contributed by atoms with van der Waals surface area (Å²) in [4.78, 5) is 12.3. The fraction of sp³-hybridized carbons (Fsp3) is 0.133. The van der Waals surface area contributed by atoms with Gasteiger partial charge in [0.2, 0.25) is 5.91 Å². The van der Waals surface area contributed by atoms with Crippen LogP contribution in [-0.2, 0) is 15.6 Å². The highest BCUT2D eigenvalue weighted by molar-refractivity contribution is 7.85. The van der Waals surface area contributed by atoms with E-state index < -0.39 is 10.8 Å². The number of carbonyl (C=O) groups excluding carboxylic acids is 1. The first-order valence-electron chi connectivity index (χ1n) is 6.34. The Balaban J connectivity index is 1.86. The van der Waals surface area contributed by atoms with Gasteiger partial charge in [-0.3, -0.25) is 9.00 Å². The van der Waals surface area contributed by atoms with Crippen molar-refractivity contribution < 1.29 is 13.4 Å². The van der Waals surface area contributed by atoms with Crippen LogP contribution < -0.4 is 11.1 Å². The summed E-state index contributed by atoms with van der Waals surface area (Å²) in [5.41, 5.74) is 6.78. The summed E-state index contributed by atoms with van der Waals surface area (Å²) in [6.07, 6.45) is 0.110. The van der Waals surface area contributed by atoms with Gasteiger partial charge in [0, 0.05) is 28.4 Å². The second kappa shape index (κ2) is 6.99. The standard InChI is InChI=1S/C15H15FN2O2S/c16-11-4-6-14(7-5-11)21(20)9-8-15(19)18-13-3-1-2-12(17)10-13/h1-7,10H,8-9,17H2,(H,18,19). The predicted octanol–water partition coefficient (Wildman–Crippen LogP) is 2.54. The zero-order valence-electron chi connectivity index (χ0n) is 11.2. The molecule has 0 radical (unpaired) electrons. The van der Waals surface area contributed by atoms with Crippen LogP contribution in [0.15, 0.2) is 53.4 Å². The normalized spacial score (nSPS) is 11.9. The number of amides is 1. The van der Waals surface area contributed by atoms with Crippen molar-refractivity contribution >= 4 is 28.1 Å². The van der Waals surface area contributed by atoms with Crippen LogP contribution in [0.25, 0.3) is 0 Å². The zero-order valence-corrected chi connectivity index (χ0v) is 12.0. The van der Waals surface area contributed by atoms with Crippen molar-refractivity contribution in [1.29, 1.82) is 0 Å². The van der Waals surface area contributed by atoms with Crippen molar-refractivity contribution in [2.24, 2.45) is 0 Å². The molecule has 3 N–H and O–H groups in total. The third-order valence-corrected chi connectivity index (χ3v) is 4.13. The molecule has 0 bridgehead atoms. The van der Waals surface area contributed by atoms with Crippen molar-refractivity contribution in [3.8, 4) is 0 Å². The van der Waals surface area contributed by atoms with E-state index in [4.69, 9.17) is 5.73 Å². The van der Waals surface area contributed by atoms with Gasteiger partial charge in [-0.15, -0.1) is 0 Å². The first-order valence-corrected chi connectivity index (χ1v) is 7.66. The summed E-state index contributed by atoms with van der Waals surface area (Å²) in [6, 6.07) is 12.3. The highest BCUT2D eigenvalue weighted by Gasteiger charge is 2.08. The van der Waals surface area contributed by atoms with Crippen LogP contribution in [0, 0.1) is 5.82 Å². The number of benzene rings is 2. The highest BCUT2D eigenvalue weighted by Crippen LogP contribution is 2.13. The van der Waals surface area contributed by atoms with Gasteiger partial charge in [0.25, 0.3) is 0 Å². The van der Waals surface area contributed by atoms with E-state index in [2.05, 4.69) is 5.32 Å². The molecule has 21 heavy (non-hydrogen) atoms. The molecule has 2 rings (SSSR count). The average Bonchev–Trinajstić information content (AvgIpc) is 2.45. The summed E-state index contributed by atoms with van der Waals surface area (Å²) in [5, 5.41) is 2.69. The fourth-order valence-electron chi connectivity index (χ4n) is 1.73. The molecule has 2 aromatic rings. The van der Waals surface area contributed by atoms with Crippen molar-refractivity contribution in [2.75, 3.05) is 16.8 Å². The first-order chi connectivity index (χ1) is 10.0. The van der Waals surface area contributed by atoms with Crippen molar-refractivity contribution in [2.45, 2.75) is 11.3 Å². The molecule has 6 heteroatoms. The van der Waals surface area contributed by atoms with Crippen LogP contribution in [0.4, 0.5) is 15.8 Å². The van der Waals surface area contributed by atoms with Crippen LogP contribution in [-0.4, -0.2) is 15.9 Å². The lowest BCUT2D eigenvalue weighted by atomic mass is 10.3. The van der Waals surface area contributed by atoms with Gasteiger partial charge in [-0.05, 0) is 42.5 Å². The largest absolute Gasteiger partial charge is 0.399 e. The molecule has 0 fully saturated rings. The van der Waals surface area contributed by atoms with E-state index in [1.54, 1.807) is 24.3 Å². The molecule has 0 spiro atoms. The molecule has 1 unspecified atom stereocenters. The Kier molecular flexibility index (Phi) is 5.05. The molecule has 0 saturated carbocycles. The molecular weight excluding hydrogens is 291 g/mol. The Hall–Kier alpha value is -2.21. The smallest absolute Gasteiger partial charge is 0.225 e. The average molecular weight is 306 g/mol. The monoisotopic (exact) mass is 306 g/mol. The van der Waals surface area contributed by atoms with Crippen LogP contribution in [0.3, 0.4) is 0 Å². The minimum atomic E-state index is -1.33. The number of rotatable bonds is 5. The van der Waals surface area contributed by atoms with E-state index >= 15 is 0 Å². The number of halogens is 1. The third-order valence-electron chi connectivity index (χ3n) is 2.76. The number of anilines is 2. The molecule has 1 atom stereocenters. The maximum atomic E-state index is 12.8. The highest BCUT2D eigenvalue weighted by atomic mass is 32.2. The van der Waals surface area contributed by atoms with Crippen molar-refractivity contribution in [1.82, 2.24) is 0 Å². The SMILES string of the molecule is Nc1cccc(NC(=O)CCS(=O)c2ccc(F)cc2)c1. The minimum Gasteiger partial charge on any atom is -0.399 e. The van der Waals surface area contributed by atoms with Gasteiger partial charge in [-0.2, -0.15) is 0 Å². The van der Waals surface area contributed by atoms with Gasteiger partial charge in [-0.1, -0.05) is 6.07 Å². The molecule has 110 valence electrons. The number of carbonyl (C=O) groups is 1. The maximum Gasteiger partial charge on any atom is 0.225 e. The quantitative estimate of drug-likeness (QED) is 0.834. The molecule has 0 heterocycles. The minimum absolute atomic E-state index is 0.110. The summed E-state index contributed by atoms with van der Waals surface area (Å²) >= 11 is 0. The van der Waals surface area contributed by atoms with E-state index in [-0.39, 0.29) is 23.9 Å². The predicted molar refractivity (Wildman–Crippen MR) is 81.8 cm³/mol. The number of hydrogen-bond acceptors (Lipinski definition) is 3. The van der Waals surface area contributed by atoms with Gasteiger partial charge in [0.05, 0.1) is 10.8 Å². The summed E-state index contributed by atoms with van der Waals surface area (Å²) in [6.45, 7) is 0. The summed E-state index contributed by atoms with van der Waals surface area (Å²) < 4.78 is 24.7. The van der Waals surface area contributed by atoms with E-state index in [0.717, 1.165) is 0 Å².